The highest BCUT2D eigenvalue weighted by atomic mass is 19.4. The average molecular weight is 425 g/mol. The Balaban J connectivity index is 1.25. The van der Waals surface area contributed by atoms with E-state index in [9.17, 15) is 18.3 Å². The van der Waals surface area contributed by atoms with E-state index in [4.69, 9.17) is 9.47 Å². The SMILES string of the molecule is OC1(c2ccc3c(c2)COC2(CCN(C4CCC4)CC2)O3)CCC(C(F)(F)F)CC1. The zero-order chi connectivity index (χ0) is 21.0. The summed E-state index contributed by atoms with van der Waals surface area (Å²) in [6.45, 7) is 2.38. The van der Waals surface area contributed by atoms with E-state index in [0.29, 0.717) is 12.2 Å². The van der Waals surface area contributed by atoms with Crippen molar-refractivity contribution >= 4 is 0 Å². The molecule has 1 N–H and O–H groups in total. The van der Waals surface area contributed by atoms with Gasteiger partial charge < -0.3 is 14.6 Å². The van der Waals surface area contributed by atoms with E-state index in [2.05, 4.69) is 4.90 Å². The first kappa shape index (κ1) is 20.6. The predicted octanol–water partition coefficient (Wildman–Crippen LogP) is 4.88. The molecule has 0 radical (unpaired) electrons. The van der Waals surface area contributed by atoms with Crippen molar-refractivity contribution in [1.82, 2.24) is 4.90 Å². The van der Waals surface area contributed by atoms with Crippen LogP contribution >= 0.6 is 0 Å². The van der Waals surface area contributed by atoms with Gasteiger partial charge in [-0.3, -0.25) is 4.90 Å². The molecule has 1 spiro atoms. The Morgan fingerprint density at radius 1 is 1.00 bits per heavy atom. The van der Waals surface area contributed by atoms with Crippen molar-refractivity contribution in [3.8, 4) is 5.75 Å². The Hall–Kier alpha value is -1.31. The molecule has 2 aliphatic heterocycles. The molecule has 0 unspecified atom stereocenters. The van der Waals surface area contributed by atoms with Crippen LogP contribution in [0.4, 0.5) is 13.2 Å². The summed E-state index contributed by atoms with van der Waals surface area (Å²) in [5.74, 6) is -1.11. The van der Waals surface area contributed by atoms with Crippen LogP contribution in [-0.4, -0.2) is 41.1 Å². The van der Waals surface area contributed by atoms with Crippen LogP contribution < -0.4 is 4.74 Å². The van der Waals surface area contributed by atoms with Crippen LogP contribution in [0.1, 0.15) is 68.9 Å². The number of benzene rings is 1. The number of alkyl halides is 3. The van der Waals surface area contributed by atoms with Crippen LogP contribution in [0.3, 0.4) is 0 Å². The molecule has 0 aromatic heterocycles. The molecule has 0 bridgehead atoms. The monoisotopic (exact) mass is 425 g/mol. The van der Waals surface area contributed by atoms with Crippen molar-refractivity contribution in [3.63, 3.8) is 0 Å². The second-order valence-corrected chi connectivity index (χ2v) is 9.59. The molecule has 2 aliphatic carbocycles. The fourth-order valence-electron chi connectivity index (χ4n) is 5.46. The molecular formula is C23H30F3NO3. The first-order valence-corrected chi connectivity index (χ1v) is 11.3. The van der Waals surface area contributed by atoms with Gasteiger partial charge in [0.15, 0.2) is 0 Å². The van der Waals surface area contributed by atoms with Crippen molar-refractivity contribution < 1.29 is 27.8 Å². The third kappa shape index (κ3) is 3.73. The van der Waals surface area contributed by atoms with Crippen molar-refractivity contribution in [3.05, 3.63) is 29.3 Å². The number of piperidine rings is 1. The van der Waals surface area contributed by atoms with Gasteiger partial charge in [-0.05, 0) is 56.2 Å². The number of fused-ring (bicyclic) bond motifs is 1. The first-order valence-electron chi connectivity index (χ1n) is 11.3. The highest BCUT2D eigenvalue weighted by Gasteiger charge is 2.47. The summed E-state index contributed by atoms with van der Waals surface area (Å²) in [6, 6.07) is 6.27. The molecule has 3 fully saturated rings. The maximum Gasteiger partial charge on any atom is 0.391 e. The topological polar surface area (TPSA) is 41.9 Å². The summed E-state index contributed by atoms with van der Waals surface area (Å²) in [4.78, 5) is 2.55. The number of rotatable bonds is 2. The van der Waals surface area contributed by atoms with Crippen molar-refractivity contribution in [2.45, 2.75) is 88.0 Å². The molecule has 7 heteroatoms. The van der Waals surface area contributed by atoms with Gasteiger partial charge in [-0.25, -0.2) is 0 Å². The van der Waals surface area contributed by atoms with E-state index in [1.165, 1.54) is 19.3 Å². The molecule has 30 heavy (non-hydrogen) atoms. The van der Waals surface area contributed by atoms with Gasteiger partial charge in [0.2, 0.25) is 5.79 Å². The minimum Gasteiger partial charge on any atom is -0.462 e. The fraction of sp³-hybridized carbons (Fsp3) is 0.739. The minimum atomic E-state index is -4.18. The van der Waals surface area contributed by atoms with Gasteiger partial charge in [0, 0.05) is 37.5 Å². The van der Waals surface area contributed by atoms with Crippen LogP contribution in [0.15, 0.2) is 18.2 Å². The largest absolute Gasteiger partial charge is 0.462 e. The van der Waals surface area contributed by atoms with Crippen LogP contribution in [0.5, 0.6) is 5.75 Å². The summed E-state index contributed by atoms with van der Waals surface area (Å²) in [5.41, 5.74) is 0.329. The number of hydrogen-bond donors (Lipinski definition) is 1. The molecule has 166 valence electrons. The smallest absolute Gasteiger partial charge is 0.391 e. The van der Waals surface area contributed by atoms with Gasteiger partial charge in [0.25, 0.3) is 0 Å². The lowest BCUT2D eigenvalue weighted by Gasteiger charge is -2.47. The molecule has 4 aliphatic rings. The predicted molar refractivity (Wildman–Crippen MR) is 105 cm³/mol. The van der Waals surface area contributed by atoms with E-state index >= 15 is 0 Å². The van der Waals surface area contributed by atoms with E-state index < -0.39 is 23.5 Å². The summed E-state index contributed by atoms with van der Waals surface area (Å²) in [6.07, 6.45) is 1.60. The molecule has 5 rings (SSSR count). The van der Waals surface area contributed by atoms with Crippen LogP contribution in [-0.2, 0) is 16.9 Å². The fourth-order valence-corrected chi connectivity index (χ4v) is 5.46. The highest BCUT2D eigenvalue weighted by Crippen LogP contribution is 2.47. The zero-order valence-electron chi connectivity index (χ0n) is 17.2. The summed E-state index contributed by atoms with van der Waals surface area (Å²) in [7, 11) is 0. The van der Waals surface area contributed by atoms with Gasteiger partial charge in [-0.15, -0.1) is 0 Å². The molecule has 0 atom stereocenters. The Morgan fingerprint density at radius 3 is 2.30 bits per heavy atom. The van der Waals surface area contributed by atoms with Crippen molar-refractivity contribution in [1.29, 1.82) is 0 Å². The van der Waals surface area contributed by atoms with E-state index in [-0.39, 0.29) is 25.7 Å². The van der Waals surface area contributed by atoms with Crippen LogP contribution in [0.2, 0.25) is 0 Å². The molecule has 1 aromatic rings. The summed E-state index contributed by atoms with van der Waals surface area (Å²) >= 11 is 0. The van der Waals surface area contributed by atoms with E-state index in [1.807, 2.05) is 18.2 Å². The van der Waals surface area contributed by atoms with Gasteiger partial charge in [0.05, 0.1) is 18.1 Å². The van der Waals surface area contributed by atoms with Crippen molar-refractivity contribution in [2.75, 3.05) is 13.1 Å². The third-order valence-electron chi connectivity index (χ3n) is 7.81. The lowest BCUT2D eigenvalue weighted by Crippen LogP contribution is -2.54. The Bertz CT molecular complexity index is 776. The molecule has 1 aromatic carbocycles. The molecule has 2 saturated carbocycles. The number of aliphatic hydroxyl groups is 1. The van der Waals surface area contributed by atoms with Gasteiger partial charge in [0.1, 0.15) is 5.75 Å². The first-order chi connectivity index (χ1) is 14.3. The summed E-state index contributed by atoms with van der Waals surface area (Å²) < 4.78 is 51.4. The molecule has 0 amide bonds. The maximum atomic E-state index is 13.0. The lowest BCUT2D eigenvalue weighted by molar-refractivity contribution is -0.231. The van der Waals surface area contributed by atoms with Crippen LogP contribution in [0.25, 0.3) is 0 Å². The third-order valence-corrected chi connectivity index (χ3v) is 7.81. The molecule has 1 saturated heterocycles. The highest BCUT2D eigenvalue weighted by molar-refractivity contribution is 5.40. The number of nitrogens with zero attached hydrogens (tertiary/aromatic N) is 1. The number of ether oxygens (including phenoxy) is 2. The Labute approximate surface area is 175 Å². The second-order valence-electron chi connectivity index (χ2n) is 9.59. The maximum absolute atomic E-state index is 13.0. The quantitative estimate of drug-likeness (QED) is 0.733. The molecule has 4 nitrogen and oxygen atoms in total. The average Bonchev–Trinajstić information content (AvgIpc) is 2.68. The van der Waals surface area contributed by atoms with Crippen molar-refractivity contribution in [2.24, 2.45) is 5.92 Å². The van der Waals surface area contributed by atoms with Gasteiger partial charge >= 0.3 is 6.18 Å². The van der Waals surface area contributed by atoms with E-state index in [1.54, 1.807) is 0 Å². The summed E-state index contributed by atoms with van der Waals surface area (Å²) in [5, 5.41) is 11.0. The van der Waals surface area contributed by atoms with Crippen LogP contribution in [0, 0.1) is 5.92 Å². The number of halogens is 3. The number of hydrogen-bond acceptors (Lipinski definition) is 4. The van der Waals surface area contributed by atoms with E-state index in [0.717, 1.165) is 43.3 Å². The van der Waals surface area contributed by atoms with Gasteiger partial charge in [-0.2, -0.15) is 13.2 Å². The Morgan fingerprint density at radius 2 is 1.70 bits per heavy atom. The molecule has 2 heterocycles. The zero-order valence-corrected chi connectivity index (χ0v) is 17.2. The second kappa shape index (κ2) is 7.38. The normalized spacial score (nSPS) is 32.3. The Kier molecular flexibility index (Phi) is 5.07. The standard InChI is InChI=1S/C23H30F3NO3/c24-23(25,26)17-6-8-21(28,9-7-17)18-4-5-20-16(14-18)15-29-22(30-20)10-12-27(13-11-22)19-2-1-3-19/h4-5,14,17,19,28H,1-3,6-13,15H2. The van der Waals surface area contributed by atoms with Gasteiger partial charge in [-0.1, -0.05) is 12.5 Å². The molecular weight excluding hydrogens is 395 g/mol. The number of likely N-dealkylation sites (tertiary alicyclic amines) is 1. The minimum absolute atomic E-state index is 0.0370. The lowest BCUT2D eigenvalue weighted by atomic mass is 9.74.